The van der Waals surface area contributed by atoms with Crippen molar-refractivity contribution >= 4 is 95.3 Å². The predicted molar refractivity (Wildman–Crippen MR) is 280 cm³/mol. The molecule has 3 N–H and O–H groups in total. The number of benzene rings is 5. The Morgan fingerprint density at radius 3 is 1.42 bits per heavy atom. The van der Waals surface area contributed by atoms with Crippen LogP contribution in [0.25, 0.3) is 33.2 Å². The lowest BCUT2D eigenvalue weighted by atomic mass is 10.2. The number of rotatable bonds is 10. The van der Waals surface area contributed by atoms with E-state index in [0.29, 0.717) is 28.0 Å². The molecule has 5 aromatic carbocycles. The summed E-state index contributed by atoms with van der Waals surface area (Å²) in [6.07, 6.45) is 0. The number of nitrogens with one attached hydrogen (secondary N) is 1. The molecule has 406 valence electrons. The number of hydrogen-bond donors (Lipinski definition) is 2. The summed E-state index contributed by atoms with van der Waals surface area (Å²) in [7, 11) is -6.42. The number of methoxy groups -OCH3 is 2. The molecule has 0 aliphatic heterocycles. The summed E-state index contributed by atoms with van der Waals surface area (Å²) in [4.78, 5) is 24.5. The lowest BCUT2D eigenvalue weighted by molar-refractivity contribution is 0.346. The van der Waals surface area contributed by atoms with Gasteiger partial charge in [0.25, 0.3) is 21.1 Å². The van der Waals surface area contributed by atoms with Gasteiger partial charge in [0.1, 0.15) is 39.5 Å². The molecule has 9 aromatic rings. The molecule has 17 nitrogen and oxygen atoms in total. The maximum absolute atomic E-state index is 14.3. The quantitative estimate of drug-likeness (QED) is 0.0427. The van der Waals surface area contributed by atoms with Crippen LogP contribution in [0.1, 0.15) is 22.6 Å². The lowest BCUT2D eigenvalue weighted by Gasteiger charge is -2.15. The number of fused-ring (bicyclic) bond motifs is 2. The van der Waals surface area contributed by atoms with Crippen molar-refractivity contribution in [3.8, 4) is 28.6 Å². The molecule has 0 bridgehead atoms. The van der Waals surface area contributed by atoms with Crippen molar-refractivity contribution in [2.45, 2.75) is 37.5 Å². The summed E-state index contributed by atoms with van der Waals surface area (Å²) < 4.78 is 177. The highest BCUT2D eigenvalue weighted by Gasteiger charge is 2.31. The summed E-state index contributed by atoms with van der Waals surface area (Å²) >= 11 is 6.10. The van der Waals surface area contributed by atoms with E-state index in [1.807, 2.05) is 13.8 Å². The van der Waals surface area contributed by atoms with E-state index in [1.54, 1.807) is 13.8 Å². The van der Waals surface area contributed by atoms with Gasteiger partial charge in [-0.05, 0) is 120 Å². The van der Waals surface area contributed by atoms with Gasteiger partial charge in [0.2, 0.25) is 34.8 Å². The molecule has 0 saturated heterocycles. The van der Waals surface area contributed by atoms with Crippen LogP contribution in [0.3, 0.4) is 0 Å². The second kappa shape index (κ2) is 23.1. The standard InChI is InChI=1S/C22H10BrF6NO5S.C21H17BrFN3O5S.C5H8N2O.H3P/c1-34-15-7-11(23)12(24)8-14(15)30-13-4-3-10(6-9(13)2-5-16(30)31)36(32,33)35-22-20(28)18(26)17(25)19(27)21(22)29;1-11-12(2)31-24-21(11)25-32(28,29)14-5-6-17-13(8-14)4-7-20(27)26(17)18-10-16(23)15(22)9-19(18)30-3;1-3-4(2)8-7-5(3)6;/h2-8H,1H3;4-10H,1-3H3,(H,24,25);1-2H3,(H2,6,7);1H3. The van der Waals surface area contributed by atoms with Crippen LogP contribution in [-0.4, -0.2) is 50.5 Å². The van der Waals surface area contributed by atoms with Crippen LogP contribution < -0.4 is 35.2 Å². The summed E-state index contributed by atoms with van der Waals surface area (Å²) in [5.74, 6) is -13.3. The Balaban J connectivity index is 0.000000216. The van der Waals surface area contributed by atoms with Crippen LogP contribution in [-0.2, 0) is 20.1 Å². The number of pyridine rings is 2. The topological polar surface area (TPSA) is 230 Å². The van der Waals surface area contributed by atoms with E-state index in [1.165, 1.54) is 73.4 Å². The Hall–Kier alpha value is -7.26. The Morgan fingerprint density at radius 2 is 1.01 bits per heavy atom. The average molecular weight is 1260 g/mol. The minimum Gasteiger partial charge on any atom is -0.495 e. The van der Waals surface area contributed by atoms with E-state index in [-0.39, 0.29) is 63.3 Å². The molecule has 4 aromatic heterocycles. The van der Waals surface area contributed by atoms with E-state index >= 15 is 0 Å². The van der Waals surface area contributed by atoms with Crippen molar-refractivity contribution in [3.05, 3.63) is 178 Å². The van der Waals surface area contributed by atoms with Gasteiger partial charge >= 0.3 is 10.1 Å². The molecule has 0 saturated carbocycles. The van der Waals surface area contributed by atoms with Gasteiger partial charge in [-0.25, -0.2) is 30.4 Å². The van der Waals surface area contributed by atoms with E-state index < -0.39 is 82.6 Å². The van der Waals surface area contributed by atoms with Gasteiger partial charge in [-0.2, -0.15) is 27.1 Å². The number of ether oxygens (including phenoxy) is 2. The van der Waals surface area contributed by atoms with Crippen LogP contribution in [0.5, 0.6) is 17.2 Å². The summed E-state index contributed by atoms with van der Waals surface area (Å²) in [5, 5.41) is 7.75. The molecule has 0 spiro atoms. The highest BCUT2D eigenvalue weighted by molar-refractivity contribution is 9.10. The maximum atomic E-state index is 14.3. The highest BCUT2D eigenvalue weighted by Crippen LogP contribution is 2.35. The predicted octanol–water partition coefficient (Wildman–Crippen LogP) is 10.6. The van der Waals surface area contributed by atoms with Crippen molar-refractivity contribution < 1.29 is 70.3 Å². The molecule has 9 rings (SSSR count). The highest BCUT2D eigenvalue weighted by atomic mass is 79.9. The lowest BCUT2D eigenvalue weighted by Crippen LogP contribution is -2.19. The SMILES string of the molecule is COc1cc(Br)c(F)cc1-n1c(=O)ccc2cc(S(=O)(=O)Nc3noc(C)c3C)ccc21.COc1cc(Br)c(F)cc1-n1c(=O)ccc2cc(S(=O)(=O)Oc3c(F)c(F)c(F)c(F)c3F)ccc21.Cc1onc(N)c1C.P. The minimum absolute atomic E-state index is 0. The van der Waals surface area contributed by atoms with Crippen molar-refractivity contribution in [2.75, 3.05) is 24.7 Å². The average Bonchev–Trinajstić information content (AvgIpc) is 3.89. The Morgan fingerprint density at radius 1 is 0.584 bits per heavy atom. The van der Waals surface area contributed by atoms with Gasteiger partial charge in [0.05, 0.1) is 50.5 Å². The van der Waals surface area contributed by atoms with Crippen LogP contribution in [0.15, 0.2) is 122 Å². The van der Waals surface area contributed by atoms with Gasteiger partial charge in [-0.1, -0.05) is 10.3 Å². The third kappa shape index (κ3) is 11.9. The van der Waals surface area contributed by atoms with Crippen LogP contribution in [0, 0.1) is 68.4 Å². The molecule has 0 aliphatic rings. The van der Waals surface area contributed by atoms with Gasteiger partial charge in [-0.15, -0.1) is 0 Å². The van der Waals surface area contributed by atoms with E-state index in [0.717, 1.165) is 46.2 Å². The molecular formula is C48H38Br2F7N6O11PS2. The first-order valence-electron chi connectivity index (χ1n) is 21.2. The number of halogens is 9. The zero-order chi connectivity index (χ0) is 55.9. The molecule has 29 heteroatoms. The normalized spacial score (nSPS) is 11.3. The summed E-state index contributed by atoms with van der Waals surface area (Å²) in [5.41, 5.74) is 6.38. The van der Waals surface area contributed by atoms with Crippen LogP contribution in [0.4, 0.5) is 42.4 Å². The number of nitrogen functional groups attached to an aromatic ring is 1. The van der Waals surface area contributed by atoms with Crippen LogP contribution >= 0.6 is 41.8 Å². The Labute approximate surface area is 451 Å². The fourth-order valence-electron chi connectivity index (χ4n) is 6.93. The second-order valence-electron chi connectivity index (χ2n) is 15.8. The van der Waals surface area contributed by atoms with E-state index in [4.69, 9.17) is 24.3 Å². The molecule has 0 radical (unpaired) electrons. The van der Waals surface area contributed by atoms with Crippen LogP contribution in [0.2, 0.25) is 0 Å². The zero-order valence-corrected chi connectivity index (χ0v) is 46.6. The van der Waals surface area contributed by atoms with E-state index in [9.17, 15) is 57.2 Å². The van der Waals surface area contributed by atoms with Gasteiger partial charge in [0.15, 0.2) is 11.6 Å². The van der Waals surface area contributed by atoms with Crippen molar-refractivity contribution in [3.63, 3.8) is 0 Å². The number of sulfonamides is 1. The zero-order valence-electron chi connectivity index (χ0n) is 40.4. The largest absolute Gasteiger partial charge is 0.495 e. The monoisotopic (exact) mass is 1260 g/mol. The summed E-state index contributed by atoms with van der Waals surface area (Å²) in [6.45, 7) is 7.07. The number of anilines is 2. The summed E-state index contributed by atoms with van der Waals surface area (Å²) in [6, 6.07) is 17.0. The third-order valence-corrected chi connectivity index (χ3v) is 15.0. The van der Waals surface area contributed by atoms with Crippen molar-refractivity contribution in [1.82, 2.24) is 19.4 Å². The molecule has 1 atom stereocenters. The minimum atomic E-state index is -5.12. The fourth-order valence-corrected chi connectivity index (χ4v) is 9.64. The first-order valence-corrected chi connectivity index (χ1v) is 25.7. The fraction of sp³-hybridized carbons (Fsp3) is 0.125. The van der Waals surface area contributed by atoms with Crippen molar-refractivity contribution in [2.24, 2.45) is 0 Å². The first-order chi connectivity index (χ1) is 35.7. The maximum Gasteiger partial charge on any atom is 0.339 e. The Kier molecular flexibility index (Phi) is 17.7. The van der Waals surface area contributed by atoms with Crippen molar-refractivity contribution in [1.29, 1.82) is 0 Å². The number of aromatic nitrogens is 4. The number of hydrogen-bond acceptors (Lipinski definition) is 14. The molecule has 0 amide bonds. The molecule has 0 fully saturated rings. The molecular weight excluding hydrogens is 1220 g/mol. The number of nitrogens with two attached hydrogens (primary N) is 1. The van der Waals surface area contributed by atoms with Gasteiger partial charge in [-0.3, -0.25) is 23.4 Å². The second-order valence-corrected chi connectivity index (χ2v) is 20.8. The first kappa shape index (κ1) is 59.0. The molecule has 4 heterocycles. The number of aryl methyl sites for hydroxylation is 2. The van der Waals surface area contributed by atoms with Gasteiger partial charge in [0, 0.05) is 46.2 Å². The van der Waals surface area contributed by atoms with E-state index in [2.05, 4.69) is 51.1 Å². The van der Waals surface area contributed by atoms with Gasteiger partial charge < -0.3 is 28.4 Å². The number of nitrogens with zero attached hydrogens (tertiary/aromatic N) is 4. The smallest absolute Gasteiger partial charge is 0.339 e. The molecule has 77 heavy (non-hydrogen) atoms. The molecule has 1 unspecified atom stereocenters. The Bertz CT molecular complexity index is 4120. The molecule has 0 aliphatic carbocycles. The third-order valence-electron chi connectivity index (χ3n) is 11.2.